The monoisotopic (exact) mass is 164 g/mol. The van der Waals surface area contributed by atoms with E-state index < -0.39 is 0 Å². The molecular formula is C12H20. The lowest BCUT2D eigenvalue weighted by atomic mass is 9.82. The van der Waals surface area contributed by atoms with Crippen molar-refractivity contribution in [1.82, 2.24) is 0 Å². The van der Waals surface area contributed by atoms with E-state index in [0.717, 1.165) is 35.5 Å². The summed E-state index contributed by atoms with van der Waals surface area (Å²) in [6.07, 6.45) is 6.27. The van der Waals surface area contributed by atoms with Gasteiger partial charge in [0.25, 0.3) is 0 Å². The van der Waals surface area contributed by atoms with Crippen molar-refractivity contribution < 1.29 is 0 Å². The van der Waals surface area contributed by atoms with E-state index in [2.05, 4.69) is 13.8 Å². The number of fused-ring (bicyclic) bond motifs is 5. The van der Waals surface area contributed by atoms with E-state index in [1.54, 1.807) is 25.7 Å². The average Bonchev–Trinajstić information content (AvgIpc) is 2.60. The van der Waals surface area contributed by atoms with E-state index in [-0.39, 0.29) is 0 Å². The predicted molar refractivity (Wildman–Crippen MR) is 50.8 cm³/mol. The van der Waals surface area contributed by atoms with Crippen molar-refractivity contribution in [2.24, 2.45) is 35.5 Å². The van der Waals surface area contributed by atoms with Gasteiger partial charge in [0.1, 0.15) is 0 Å². The maximum absolute atomic E-state index is 2.52. The van der Waals surface area contributed by atoms with Crippen molar-refractivity contribution in [3.63, 3.8) is 0 Å². The molecule has 3 aliphatic rings. The highest BCUT2D eigenvalue weighted by Crippen LogP contribution is 2.62. The first kappa shape index (κ1) is 7.41. The van der Waals surface area contributed by atoms with Gasteiger partial charge in [-0.15, -0.1) is 0 Å². The molecule has 12 heavy (non-hydrogen) atoms. The van der Waals surface area contributed by atoms with E-state index in [1.807, 2.05) is 0 Å². The molecule has 68 valence electrons. The van der Waals surface area contributed by atoms with Crippen LogP contribution in [0, 0.1) is 35.5 Å². The molecule has 0 spiro atoms. The van der Waals surface area contributed by atoms with Gasteiger partial charge >= 0.3 is 0 Å². The Morgan fingerprint density at radius 1 is 0.750 bits per heavy atom. The third-order valence-corrected chi connectivity index (χ3v) is 5.18. The molecule has 0 aromatic heterocycles. The zero-order chi connectivity index (χ0) is 8.29. The SMILES string of the molecule is CC1CC2C3CCC(C3C)C2C1. The molecule has 0 aliphatic heterocycles. The molecule has 0 nitrogen and oxygen atoms in total. The molecule has 3 rings (SSSR count). The normalized spacial score (nSPS) is 62.5. The van der Waals surface area contributed by atoms with E-state index in [4.69, 9.17) is 0 Å². The standard InChI is InChI=1S/C12H20/c1-7-5-11-9-3-4-10(8(9)2)12(11)6-7/h7-12H,3-6H2,1-2H3. The first-order valence-corrected chi connectivity index (χ1v) is 5.77. The largest absolute Gasteiger partial charge is 0.0625 e. The summed E-state index contributed by atoms with van der Waals surface area (Å²) in [5.74, 6) is 6.75. The van der Waals surface area contributed by atoms with Gasteiger partial charge in [-0.2, -0.15) is 0 Å². The van der Waals surface area contributed by atoms with Crippen LogP contribution < -0.4 is 0 Å². The Labute approximate surface area is 75.7 Å². The minimum Gasteiger partial charge on any atom is -0.0625 e. The highest BCUT2D eigenvalue weighted by atomic mass is 14.6. The summed E-state index contributed by atoms with van der Waals surface area (Å²) in [7, 11) is 0. The average molecular weight is 164 g/mol. The van der Waals surface area contributed by atoms with Gasteiger partial charge in [0, 0.05) is 0 Å². The van der Waals surface area contributed by atoms with Crippen LogP contribution in [0.3, 0.4) is 0 Å². The topological polar surface area (TPSA) is 0 Å². The second-order valence-corrected chi connectivity index (χ2v) is 5.67. The summed E-state index contributed by atoms with van der Waals surface area (Å²) in [5, 5.41) is 0. The lowest BCUT2D eigenvalue weighted by Gasteiger charge is -2.23. The molecule has 4 unspecified atom stereocenters. The van der Waals surface area contributed by atoms with Crippen molar-refractivity contribution in [3.05, 3.63) is 0 Å². The molecule has 4 atom stereocenters. The Bertz CT molecular complexity index is 176. The fourth-order valence-corrected chi connectivity index (χ4v) is 4.80. The van der Waals surface area contributed by atoms with Crippen LogP contribution in [-0.4, -0.2) is 0 Å². The zero-order valence-corrected chi connectivity index (χ0v) is 8.29. The van der Waals surface area contributed by atoms with Crippen LogP contribution in [-0.2, 0) is 0 Å². The molecule has 0 heterocycles. The van der Waals surface area contributed by atoms with Crippen LogP contribution in [0.2, 0.25) is 0 Å². The lowest BCUT2D eigenvalue weighted by Crippen LogP contribution is -2.15. The van der Waals surface area contributed by atoms with Crippen molar-refractivity contribution >= 4 is 0 Å². The van der Waals surface area contributed by atoms with Gasteiger partial charge in [-0.3, -0.25) is 0 Å². The van der Waals surface area contributed by atoms with E-state index >= 15 is 0 Å². The zero-order valence-electron chi connectivity index (χ0n) is 8.29. The van der Waals surface area contributed by atoms with Crippen molar-refractivity contribution in [2.75, 3.05) is 0 Å². The van der Waals surface area contributed by atoms with Gasteiger partial charge in [0.2, 0.25) is 0 Å². The fourth-order valence-electron chi connectivity index (χ4n) is 4.80. The van der Waals surface area contributed by atoms with Crippen LogP contribution in [0.5, 0.6) is 0 Å². The molecule has 3 aliphatic carbocycles. The van der Waals surface area contributed by atoms with Crippen molar-refractivity contribution in [2.45, 2.75) is 39.5 Å². The number of rotatable bonds is 0. The second kappa shape index (κ2) is 2.27. The Morgan fingerprint density at radius 3 is 1.75 bits per heavy atom. The molecule has 2 bridgehead atoms. The molecule has 3 fully saturated rings. The number of hydrogen-bond acceptors (Lipinski definition) is 0. The molecule has 0 N–H and O–H groups in total. The molecule has 0 saturated heterocycles. The maximum Gasteiger partial charge on any atom is -0.0349 e. The third-order valence-electron chi connectivity index (χ3n) is 5.18. The van der Waals surface area contributed by atoms with E-state index in [1.165, 1.54) is 0 Å². The van der Waals surface area contributed by atoms with Gasteiger partial charge in [-0.05, 0) is 61.2 Å². The first-order chi connectivity index (χ1) is 5.77. The Balaban J connectivity index is 1.89. The van der Waals surface area contributed by atoms with Gasteiger partial charge < -0.3 is 0 Å². The molecule has 3 saturated carbocycles. The van der Waals surface area contributed by atoms with Gasteiger partial charge in [0.05, 0.1) is 0 Å². The second-order valence-electron chi connectivity index (χ2n) is 5.67. The third kappa shape index (κ3) is 0.744. The summed E-state index contributed by atoms with van der Waals surface area (Å²) in [5.41, 5.74) is 0. The predicted octanol–water partition coefficient (Wildman–Crippen LogP) is 3.32. The minimum absolute atomic E-state index is 1.05. The van der Waals surface area contributed by atoms with Crippen LogP contribution >= 0.6 is 0 Å². The lowest BCUT2D eigenvalue weighted by molar-refractivity contribution is 0.259. The smallest absolute Gasteiger partial charge is 0.0349 e. The van der Waals surface area contributed by atoms with Crippen LogP contribution in [0.15, 0.2) is 0 Å². The summed E-state index contributed by atoms with van der Waals surface area (Å²) in [4.78, 5) is 0. The Hall–Kier alpha value is 0. The first-order valence-electron chi connectivity index (χ1n) is 5.77. The molecule has 0 amide bonds. The van der Waals surface area contributed by atoms with Gasteiger partial charge in [0.15, 0.2) is 0 Å². The van der Waals surface area contributed by atoms with Gasteiger partial charge in [-0.1, -0.05) is 13.8 Å². The van der Waals surface area contributed by atoms with Crippen LogP contribution in [0.25, 0.3) is 0 Å². The molecule has 0 aromatic carbocycles. The molecule has 0 heteroatoms. The van der Waals surface area contributed by atoms with Crippen LogP contribution in [0.1, 0.15) is 39.5 Å². The highest BCUT2D eigenvalue weighted by Gasteiger charge is 2.54. The van der Waals surface area contributed by atoms with Crippen molar-refractivity contribution in [3.8, 4) is 0 Å². The van der Waals surface area contributed by atoms with E-state index in [9.17, 15) is 0 Å². The highest BCUT2D eigenvalue weighted by molar-refractivity contribution is 5.03. The molecular weight excluding hydrogens is 144 g/mol. The van der Waals surface area contributed by atoms with Crippen molar-refractivity contribution in [1.29, 1.82) is 0 Å². The quantitative estimate of drug-likeness (QED) is 0.515. The fraction of sp³-hybridized carbons (Fsp3) is 1.00. The molecule has 0 aromatic rings. The van der Waals surface area contributed by atoms with E-state index in [0.29, 0.717) is 0 Å². The summed E-state index contributed by atoms with van der Waals surface area (Å²) in [6, 6.07) is 0. The summed E-state index contributed by atoms with van der Waals surface area (Å²) in [6.45, 7) is 4.98. The number of hydrogen-bond donors (Lipinski definition) is 0. The van der Waals surface area contributed by atoms with Crippen LogP contribution in [0.4, 0.5) is 0 Å². The molecule has 0 radical (unpaired) electrons. The summed E-state index contributed by atoms with van der Waals surface area (Å²) >= 11 is 0. The Morgan fingerprint density at radius 2 is 1.25 bits per heavy atom. The maximum atomic E-state index is 2.52. The summed E-state index contributed by atoms with van der Waals surface area (Å²) < 4.78 is 0. The Kier molecular flexibility index (Phi) is 1.40. The van der Waals surface area contributed by atoms with Gasteiger partial charge in [-0.25, -0.2) is 0 Å². The minimum atomic E-state index is 1.05.